The summed E-state index contributed by atoms with van der Waals surface area (Å²) in [5.74, 6) is 0.214. The third-order valence-corrected chi connectivity index (χ3v) is 5.79. The summed E-state index contributed by atoms with van der Waals surface area (Å²) >= 11 is 0. The number of carbonyl (C=O) groups is 2. The van der Waals surface area contributed by atoms with E-state index >= 15 is 0 Å². The van der Waals surface area contributed by atoms with Crippen molar-refractivity contribution in [2.24, 2.45) is 5.92 Å². The molecule has 5 heteroatoms. The molecule has 5 nitrogen and oxygen atoms in total. The van der Waals surface area contributed by atoms with Gasteiger partial charge in [-0.05, 0) is 43.4 Å². The minimum atomic E-state index is -0.0349. The van der Waals surface area contributed by atoms with Gasteiger partial charge in [0, 0.05) is 37.3 Å². The summed E-state index contributed by atoms with van der Waals surface area (Å²) in [5.41, 5.74) is 8.18. The number of nitrogen functional groups attached to an aromatic ring is 1. The minimum Gasteiger partial charge on any atom is -0.398 e. The molecule has 0 unspecified atom stereocenters. The van der Waals surface area contributed by atoms with E-state index in [-0.39, 0.29) is 17.7 Å². The van der Waals surface area contributed by atoms with E-state index in [1.807, 2.05) is 35.2 Å². The molecule has 0 spiro atoms. The summed E-state index contributed by atoms with van der Waals surface area (Å²) < 4.78 is 0. The molecule has 1 heterocycles. The number of benzene rings is 2. The zero-order chi connectivity index (χ0) is 19.5. The Morgan fingerprint density at radius 2 is 1.57 bits per heavy atom. The van der Waals surface area contributed by atoms with Gasteiger partial charge in [0.1, 0.15) is 0 Å². The van der Waals surface area contributed by atoms with Crippen LogP contribution < -0.4 is 5.73 Å². The van der Waals surface area contributed by atoms with Gasteiger partial charge in [0.2, 0.25) is 5.91 Å². The van der Waals surface area contributed by atoms with Crippen molar-refractivity contribution in [3.05, 3.63) is 65.7 Å². The van der Waals surface area contributed by atoms with Crippen LogP contribution in [-0.4, -0.2) is 40.7 Å². The number of hydrogen-bond acceptors (Lipinski definition) is 3. The fraction of sp³-hybridized carbons (Fsp3) is 0.391. The predicted molar refractivity (Wildman–Crippen MR) is 109 cm³/mol. The fourth-order valence-corrected chi connectivity index (χ4v) is 3.98. The van der Waals surface area contributed by atoms with Crippen molar-refractivity contribution in [1.29, 1.82) is 0 Å². The molecule has 0 aromatic heterocycles. The van der Waals surface area contributed by atoms with Gasteiger partial charge in [-0.15, -0.1) is 0 Å². The third kappa shape index (κ3) is 4.03. The zero-order valence-corrected chi connectivity index (χ0v) is 16.1. The SMILES string of the molecule is Nc1ccccc1C(=O)N1CCC(C(=O)N(Cc2ccccc2)C2CC2)CC1. The highest BCUT2D eigenvalue weighted by Crippen LogP contribution is 2.32. The van der Waals surface area contributed by atoms with Gasteiger partial charge >= 0.3 is 0 Å². The Labute approximate surface area is 166 Å². The van der Waals surface area contributed by atoms with Crippen LogP contribution in [0.4, 0.5) is 5.69 Å². The van der Waals surface area contributed by atoms with E-state index in [1.165, 1.54) is 5.56 Å². The molecule has 1 saturated heterocycles. The number of rotatable bonds is 5. The molecule has 2 aromatic carbocycles. The molecule has 28 heavy (non-hydrogen) atoms. The van der Waals surface area contributed by atoms with Crippen molar-refractivity contribution >= 4 is 17.5 Å². The molecule has 4 rings (SSSR count). The van der Waals surface area contributed by atoms with Crippen LogP contribution in [-0.2, 0) is 11.3 Å². The second-order valence-electron chi connectivity index (χ2n) is 7.84. The van der Waals surface area contributed by atoms with Gasteiger partial charge in [-0.3, -0.25) is 9.59 Å². The number of amides is 2. The van der Waals surface area contributed by atoms with Crippen molar-refractivity contribution < 1.29 is 9.59 Å². The fourth-order valence-electron chi connectivity index (χ4n) is 3.98. The molecule has 2 fully saturated rings. The number of para-hydroxylation sites is 1. The molecule has 2 aliphatic rings. The number of nitrogens with zero attached hydrogens (tertiary/aromatic N) is 2. The lowest BCUT2D eigenvalue weighted by Crippen LogP contribution is -2.45. The highest BCUT2D eigenvalue weighted by atomic mass is 16.2. The highest BCUT2D eigenvalue weighted by molar-refractivity contribution is 5.99. The average Bonchev–Trinajstić information content (AvgIpc) is 3.57. The van der Waals surface area contributed by atoms with Crippen molar-refractivity contribution in [1.82, 2.24) is 9.80 Å². The van der Waals surface area contributed by atoms with E-state index in [9.17, 15) is 9.59 Å². The summed E-state index contributed by atoms with van der Waals surface area (Å²) in [4.78, 5) is 29.8. The van der Waals surface area contributed by atoms with Crippen LogP contribution in [0.5, 0.6) is 0 Å². The van der Waals surface area contributed by atoms with Crippen LogP contribution in [0.2, 0.25) is 0 Å². The number of nitrogens with two attached hydrogens (primary N) is 1. The van der Waals surface area contributed by atoms with Crippen molar-refractivity contribution in [2.45, 2.75) is 38.3 Å². The topological polar surface area (TPSA) is 66.6 Å². The molecule has 1 aliphatic carbocycles. The van der Waals surface area contributed by atoms with E-state index in [4.69, 9.17) is 5.73 Å². The Balaban J connectivity index is 1.38. The normalized spacial score (nSPS) is 17.4. The number of hydrogen-bond donors (Lipinski definition) is 1. The Morgan fingerprint density at radius 3 is 2.21 bits per heavy atom. The van der Waals surface area contributed by atoms with Crippen molar-refractivity contribution in [3.8, 4) is 0 Å². The van der Waals surface area contributed by atoms with Crippen molar-refractivity contribution in [2.75, 3.05) is 18.8 Å². The third-order valence-electron chi connectivity index (χ3n) is 5.79. The van der Waals surface area contributed by atoms with E-state index in [1.54, 1.807) is 12.1 Å². The molecule has 2 amide bonds. The molecule has 0 radical (unpaired) electrons. The summed E-state index contributed by atoms with van der Waals surface area (Å²) in [6.45, 7) is 1.89. The molecule has 0 atom stereocenters. The number of anilines is 1. The smallest absolute Gasteiger partial charge is 0.255 e. The second kappa shape index (κ2) is 8.05. The standard InChI is InChI=1S/C23H27N3O2/c24-21-9-5-4-8-20(21)23(28)25-14-12-18(13-15-25)22(27)26(19-10-11-19)16-17-6-2-1-3-7-17/h1-9,18-19H,10-16,24H2. The first-order chi connectivity index (χ1) is 13.6. The lowest BCUT2D eigenvalue weighted by atomic mass is 9.94. The summed E-state index contributed by atoms with van der Waals surface area (Å²) in [6, 6.07) is 17.8. The summed E-state index contributed by atoms with van der Waals surface area (Å²) in [5, 5.41) is 0. The van der Waals surface area contributed by atoms with Crippen LogP contribution in [0, 0.1) is 5.92 Å². The Kier molecular flexibility index (Phi) is 5.33. The van der Waals surface area contributed by atoms with Crippen LogP contribution in [0.15, 0.2) is 54.6 Å². The van der Waals surface area contributed by atoms with Gasteiger partial charge in [0.15, 0.2) is 0 Å². The lowest BCUT2D eigenvalue weighted by Gasteiger charge is -2.34. The predicted octanol–water partition coefficient (Wildman–Crippen LogP) is 3.31. The number of piperidine rings is 1. The van der Waals surface area contributed by atoms with Crippen LogP contribution >= 0.6 is 0 Å². The largest absolute Gasteiger partial charge is 0.398 e. The molecule has 1 saturated carbocycles. The average molecular weight is 377 g/mol. The maximum absolute atomic E-state index is 13.2. The minimum absolute atomic E-state index is 0.00137. The number of carbonyl (C=O) groups excluding carboxylic acids is 2. The van der Waals surface area contributed by atoms with Gasteiger partial charge in [0.05, 0.1) is 5.56 Å². The van der Waals surface area contributed by atoms with Crippen LogP contribution in [0.1, 0.15) is 41.6 Å². The highest BCUT2D eigenvalue weighted by Gasteiger charge is 2.37. The van der Waals surface area contributed by atoms with E-state index in [2.05, 4.69) is 17.0 Å². The van der Waals surface area contributed by atoms with Gasteiger partial charge in [-0.1, -0.05) is 42.5 Å². The maximum atomic E-state index is 13.2. The van der Waals surface area contributed by atoms with Gasteiger partial charge in [-0.2, -0.15) is 0 Å². The Bertz CT molecular complexity index is 840. The summed E-state index contributed by atoms with van der Waals surface area (Å²) in [7, 11) is 0. The Morgan fingerprint density at radius 1 is 0.929 bits per heavy atom. The van der Waals surface area contributed by atoms with E-state index in [0.29, 0.717) is 36.9 Å². The molecule has 0 bridgehead atoms. The Hall–Kier alpha value is -2.82. The first kappa shape index (κ1) is 18.5. The molecular formula is C23H27N3O2. The first-order valence-electron chi connectivity index (χ1n) is 10.1. The molecule has 2 aromatic rings. The quantitative estimate of drug-likeness (QED) is 0.813. The van der Waals surface area contributed by atoms with Crippen molar-refractivity contribution in [3.63, 3.8) is 0 Å². The first-order valence-corrected chi connectivity index (χ1v) is 10.1. The van der Waals surface area contributed by atoms with Gasteiger partial charge in [-0.25, -0.2) is 0 Å². The lowest BCUT2D eigenvalue weighted by molar-refractivity contribution is -0.138. The monoisotopic (exact) mass is 377 g/mol. The summed E-state index contributed by atoms with van der Waals surface area (Å²) in [6.07, 6.45) is 3.64. The van der Waals surface area contributed by atoms with Gasteiger partial charge in [0.25, 0.3) is 5.91 Å². The zero-order valence-electron chi connectivity index (χ0n) is 16.1. The van der Waals surface area contributed by atoms with E-state index in [0.717, 1.165) is 25.7 Å². The molecular weight excluding hydrogens is 350 g/mol. The molecule has 146 valence electrons. The van der Waals surface area contributed by atoms with Gasteiger partial charge < -0.3 is 15.5 Å². The van der Waals surface area contributed by atoms with E-state index < -0.39 is 0 Å². The maximum Gasteiger partial charge on any atom is 0.255 e. The molecule has 1 aliphatic heterocycles. The molecule has 2 N–H and O–H groups in total. The number of likely N-dealkylation sites (tertiary alicyclic amines) is 1. The second-order valence-corrected chi connectivity index (χ2v) is 7.84. The van der Waals surface area contributed by atoms with Crippen LogP contribution in [0.25, 0.3) is 0 Å². The van der Waals surface area contributed by atoms with Crippen LogP contribution in [0.3, 0.4) is 0 Å².